The number of hydrogen-bond donors (Lipinski definition) is 2. The zero-order valence-electron chi connectivity index (χ0n) is 15.0. The van der Waals surface area contributed by atoms with Gasteiger partial charge in [-0.05, 0) is 17.9 Å². The number of Topliss-reactive ketones (excluding diaryl/α,β-unsaturated/α-hetero) is 1. The lowest BCUT2D eigenvalue weighted by atomic mass is 9.86. The molecule has 0 aliphatic carbocycles. The van der Waals surface area contributed by atoms with Gasteiger partial charge in [-0.15, -0.1) is 0 Å². The molecule has 0 fully saturated rings. The van der Waals surface area contributed by atoms with Crippen LogP contribution in [0.2, 0.25) is 0 Å². The van der Waals surface area contributed by atoms with E-state index in [1.807, 2.05) is 44.2 Å². The minimum absolute atomic E-state index is 0.0309. The van der Waals surface area contributed by atoms with Crippen molar-refractivity contribution in [2.75, 3.05) is 0 Å². The summed E-state index contributed by atoms with van der Waals surface area (Å²) >= 11 is 0. The maximum atomic E-state index is 12.5. The number of rotatable bonds is 11. The second-order valence-corrected chi connectivity index (χ2v) is 6.51. The number of unbranched alkanes of at least 4 members (excludes halogenated alkanes) is 1. The summed E-state index contributed by atoms with van der Waals surface area (Å²) in [6, 6.07) is 9.05. The molecule has 0 aliphatic heterocycles. The number of carbonyl (C=O) groups is 2. The fourth-order valence-electron chi connectivity index (χ4n) is 2.44. The minimum Gasteiger partial charge on any atom is -0.321 e. The smallest absolute Gasteiger partial charge is 0.244 e. The minimum atomic E-state index is -0.523. The first kappa shape index (κ1) is 20.3. The third-order valence-corrected chi connectivity index (χ3v) is 4.05. The maximum absolute atomic E-state index is 12.5. The topological polar surface area (TPSA) is 81.4 Å². The van der Waals surface area contributed by atoms with Crippen molar-refractivity contribution in [3.8, 4) is 0 Å². The molecule has 0 unspecified atom stereocenters. The number of hydroxylamine groups is 1. The Kier molecular flexibility index (Phi) is 9.27. The van der Waals surface area contributed by atoms with Crippen LogP contribution in [0.15, 0.2) is 30.3 Å². The fourth-order valence-corrected chi connectivity index (χ4v) is 2.44. The number of hydrogen-bond acceptors (Lipinski definition) is 4. The van der Waals surface area contributed by atoms with Crippen molar-refractivity contribution in [1.29, 1.82) is 0 Å². The molecule has 0 aromatic heterocycles. The number of carbonyl (C=O) groups excluding carboxylic acids is 2. The normalized spacial score (nSPS) is 13.5. The van der Waals surface area contributed by atoms with Crippen molar-refractivity contribution in [1.82, 2.24) is 5.48 Å². The highest BCUT2D eigenvalue weighted by Crippen LogP contribution is 2.18. The molecule has 1 aromatic rings. The summed E-state index contributed by atoms with van der Waals surface area (Å²) in [7, 11) is 0. The Bertz CT molecular complexity index is 503. The van der Waals surface area contributed by atoms with Crippen LogP contribution in [0.5, 0.6) is 0 Å². The molecular formula is C19H30N2O3. The Morgan fingerprint density at radius 3 is 2.46 bits per heavy atom. The van der Waals surface area contributed by atoms with Crippen LogP contribution < -0.4 is 11.2 Å². The molecule has 0 heterocycles. The lowest BCUT2D eigenvalue weighted by Crippen LogP contribution is -2.41. The number of benzene rings is 1. The van der Waals surface area contributed by atoms with Gasteiger partial charge in [0.1, 0.15) is 0 Å². The summed E-state index contributed by atoms with van der Waals surface area (Å²) in [4.78, 5) is 29.8. The molecule has 24 heavy (non-hydrogen) atoms. The molecule has 0 bridgehead atoms. The van der Waals surface area contributed by atoms with E-state index in [-0.39, 0.29) is 29.9 Å². The van der Waals surface area contributed by atoms with Gasteiger partial charge in [0.05, 0.1) is 12.6 Å². The van der Waals surface area contributed by atoms with E-state index in [1.54, 1.807) is 0 Å². The molecule has 3 N–H and O–H groups in total. The lowest BCUT2D eigenvalue weighted by molar-refractivity contribution is -0.139. The van der Waals surface area contributed by atoms with Crippen molar-refractivity contribution < 1.29 is 14.4 Å². The Balaban J connectivity index is 2.49. The standard InChI is InChI=1S/C19H30N2O3/c1-4-5-11-16(19(23)18(20)14(2)3)12-17(22)21-24-13-15-9-7-6-8-10-15/h6-10,14,16,18H,4-5,11-13,20H2,1-3H3,(H,21,22)/t16-,18+/m1/s1. The molecule has 0 aliphatic rings. The molecule has 0 radical (unpaired) electrons. The van der Waals surface area contributed by atoms with Gasteiger partial charge >= 0.3 is 0 Å². The predicted octanol–water partition coefficient (Wildman–Crippen LogP) is 2.98. The zero-order valence-corrected chi connectivity index (χ0v) is 15.0. The monoisotopic (exact) mass is 334 g/mol. The quantitative estimate of drug-likeness (QED) is 0.610. The number of nitrogens with one attached hydrogen (secondary N) is 1. The molecular weight excluding hydrogens is 304 g/mol. The van der Waals surface area contributed by atoms with Crippen LogP contribution in [0.1, 0.15) is 52.0 Å². The molecule has 2 atom stereocenters. The zero-order chi connectivity index (χ0) is 17.9. The Labute approximate surface area is 144 Å². The summed E-state index contributed by atoms with van der Waals surface area (Å²) in [6.45, 7) is 6.20. The molecule has 1 amide bonds. The van der Waals surface area contributed by atoms with Gasteiger partial charge in [0.15, 0.2) is 5.78 Å². The Hall–Kier alpha value is -1.72. The average Bonchev–Trinajstić information content (AvgIpc) is 2.58. The molecule has 1 rings (SSSR count). The first-order valence-electron chi connectivity index (χ1n) is 8.69. The van der Waals surface area contributed by atoms with Crippen molar-refractivity contribution in [2.24, 2.45) is 17.6 Å². The molecule has 0 spiro atoms. The summed E-state index contributed by atoms with van der Waals surface area (Å²) < 4.78 is 0. The van der Waals surface area contributed by atoms with Crippen LogP contribution >= 0.6 is 0 Å². The first-order valence-corrected chi connectivity index (χ1v) is 8.69. The molecule has 5 heteroatoms. The lowest BCUT2D eigenvalue weighted by Gasteiger charge is -2.21. The van der Waals surface area contributed by atoms with Gasteiger partial charge in [-0.3, -0.25) is 14.4 Å². The maximum Gasteiger partial charge on any atom is 0.244 e. The Morgan fingerprint density at radius 1 is 1.21 bits per heavy atom. The van der Waals surface area contributed by atoms with Gasteiger partial charge in [0.25, 0.3) is 0 Å². The van der Waals surface area contributed by atoms with E-state index >= 15 is 0 Å². The highest BCUT2D eigenvalue weighted by Gasteiger charge is 2.27. The second kappa shape index (κ2) is 10.9. The second-order valence-electron chi connectivity index (χ2n) is 6.51. The van der Waals surface area contributed by atoms with Gasteiger partial charge in [-0.2, -0.15) is 0 Å². The predicted molar refractivity (Wildman–Crippen MR) is 94.8 cm³/mol. The van der Waals surface area contributed by atoms with E-state index in [1.165, 1.54) is 0 Å². The van der Waals surface area contributed by atoms with Crippen LogP contribution in [0.3, 0.4) is 0 Å². The van der Waals surface area contributed by atoms with Crippen LogP contribution in [0.25, 0.3) is 0 Å². The molecule has 134 valence electrons. The molecule has 1 aromatic carbocycles. The molecule has 0 saturated heterocycles. The first-order chi connectivity index (χ1) is 11.5. The van der Waals surface area contributed by atoms with Gasteiger partial charge < -0.3 is 5.73 Å². The third-order valence-electron chi connectivity index (χ3n) is 4.05. The van der Waals surface area contributed by atoms with E-state index in [4.69, 9.17) is 10.6 Å². The summed E-state index contributed by atoms with van der Waals surface area (Å²) in [5.74, 6) is -0.588. The number of nitrogens with two attached hydrogens (primary N) is 1. The Morgan fingerprint density at radius 2 is 1.88 bits per heavy atom. The fraction of sp³-hybridized carbons (Fsp3) is 0.579. The van der Waals surface area contributed by atoms with Crippen LogP contribution in [-0.2, 0) is 21.0 Å². The van der Waals surface area contributed by atoms with Gasteiger partial charge in [-0.1, -0.05) is 63.9 Å². The van der Waals surface area contributed by atoms with E-state index in [2.05, 4.69) is 12.4 Å². The van der Waals surface area contributed by atoms with E-state index < -0.39 is 6.04 Å². The van der Waals surface area contributed by atoms with Crippen LogP contribution in [0.4, 0.5) is 0 Å². The molecule has 5 nitrogen and oxygen atoms in total. The van der Waals surface area contributed by atoms with Crippen molar-refractivity contribution in [2.45, 2.75) is 59.1 Å². The highest BCUT2D eigenvalue weighted by molar-refractivity contribution is 5.90. The van der Waals surface area contributed by atoms with Crippen LogP contribution in [0, 0.1) is 11.8 Å². The van der Waals surface area contributed by atoms with E-state index in [0.29, 0.717) is 13.0 Å². The average molecular weight is 334 g/mol. The summed E-state index contributed by atoms with van der Waals surface area (Å²) in [5, 5.41) is 0. The largest absolute Gasteiger partial charge is 0.321 e. The number of ketones is 1. The van der Waals surface area contributed by atoms with Crippen molar-refractivity contribution >= 4 is 11.7 Å². The van der Waals surface area contributed by atoms with Gasteiger partial charge in [0, 0.05) is 12.3 Å². The van der Waals surface area contributed by atoms with Crippen molar-refractivity contribution in [3.05, 3.63) is 35.9 Å². The van der Waals surface area contributed by atoms with Crippen molar-refractivity contribution in [3.63, 3.8) is 0 Å². The van der Waals surface area contributed by atoms with E-state index in [9.17, 15) is 9.59 Å². The van der Waals surface area contributed by atoms with Crippen LogP contribution in [-0.4, -0.2) is 17.7 Å². The van der Waals surface area contributed by atoms with E-state index in [0.717, 1.165) is 18.4 Å². The van der Waals surface area contributed by atoms with Gasteiger partial charge in [0.2, 0.25) is 5.91 Å². The summed E-state index contributed by atoms with van der Waals surface area (Å²) in [5.41, 5.74) is 9.37. The third kappa shape index (κ3) is 7.23. The number of amides is 1. The molecule has 0 saturated carbocycles. The van der Waals surface area contributed by atoms with Gasteiger partial charge in [-0.25, -0.2) is 5.48 Å². The SMILES string of the molecule is CCCC[C@H](CC(=O)NOCc1ccccc1)C(=O)[C@@H](N)C(C)C. The highest BCUT2D eigenvalue weighted by atomic mass is 16.6. The summed E-state index contributed by atoms with van der Waals surface area (Å²) in [6.07, 6.45) is 2.68.